The summed E-state index contributed by atoms with van der Waals surface area (Å²) in [5.74, 6) is 0. The second-order valence-electron chi connectivity index (χ2n) is 0. The molecule has 27 valence electrons. The van der Waals surface area contributed by atoms with Gasteiger partial charge >= 0.3 is 24.3 Å². The maximum absolute atomic E-state index is 8.36. The molecule has 0 radical (unpaired) electrons. The van der Waals surface area contributed by atoms with Crippen LogP contribution in [0, 0.1) is 0 Å². The van der Waals surface area contributed by atoms with Gasteiger partial charge in [-0.1, -0.05) is 0 Å². The van der Waals surface area contributed by atoms with Gasteiger partial charge in [0, 0.05) is 0 Å². The predicted octanol–water partition coefficient (Wildman–Crippen LogP) is -1.77. The summed E-state index contributed by atoms with van der Waals surface area (Å²) in [6.45, 7) is 0. The van der Waals surface area contributed by atoms with E-state index in [0.717, 1.165) is 0 Å². The Balaban J connectivity index is -0.00000000500. The van der Waals surface area contributed by atoms with Crippen molar-refractivity contribution < 1.29 is 35.2 Å². The SMILES string of the molecule is O.O.[O]=[Ta]. The van der Waals surface area contributed by atoms with Gasteiger partial charge in [0.1, 0.15) is 0 Å². The molecule has 4 heavy (non-hydrogen) atoms. The van der Waals surface area contributed by atoms with Gasteiger partial charge in [-0.05, 0) is 0 Å². The first-order chi connectivity index (χ1) is 1.00. The summed E-state index contributed by atoms with van der Waals surface area (Å²) in [5.41, 5.74) is 0. The van der Waals surface area contributed by atoms with Crippen molar-refractivity contribution in [2.45, 2.75) is 0 Å². The topological polar surface area (TPSA) is 80.1 Å². The Morgan fingerprint density at radius 3 is 1.00 bits per heavy atom. The van der Waals surface area contributed by atoms with Gasteiger partial charge in [-0.25, -0.2) is 0 Å². The van der Waals surface area contributed by atoms with Crippen LogP contribution in [0.4, 0.5) is 0 Å². The summed E-state index contributed by atoms with van der Waals surface area (Å²) >= 11 is 0.194. The van der Waals surface area contributed by atoms with E-state index in [1.54, 1.807) is 0 Å². The van der Waals surface area contributed by atoms with Crippen LogP contribution in [0.2, 0.25) is 0 Å². The molecule has 0 amide bonds. The van der Waals surface area contributed by atoms with E-state index in [1.165, 1.54) is 0 Å². The molecule has 0 saturated carbocycles. The summed E-state index contributed by atoms with van der Waals surface area (Å²) < 4.78 is 8.36. The van der Waals surface area contributed by atoms with E-state index in [-0.39, 0.29) is 32.0 Å². The summed E-state index contributed by atoms with van der Waals surface area (Å²) in [6, 6.07) is 0. The van der Waals surface area contributed by atoms with Crippen molar-refractivity contribution in [1.29, 1.82) is 0 Å². The van der Waals surface area contributed by atoms with Crippen molar-refractivity contribution in [2.24, 2.45) is 0 Å². The van der Waals surface area contributed by atoms with E-state index in [0.29, 0.717) is 0 Å². The van der Waals surface area contributed by atoms with Gasteiger partial charge in [0.15, 0.2) is 0 Å². The van der Waals surface area contributed by atoms with Crippen molar-refractivity contribution in [2.75, 3.05) is 0 Å². The Bertz CT molecular complexity index is 3.25. The Kier molecular flexibility index (Phi) is 619. The normalized spacial score (nSPS) is 0.750. The zero-order valence-electron chi connectivity index (χ0n) is 1.86. The quantitative estimate of drug-likeness (QED) is 0.487. The number of rotatable bonds is 0. The molecule has 4 N–H and O–H groups in total. The summed E-state index contributed by atoms with van der Waals surface area (Å²) in [5, 5.41) is 0. The maximum atomic E-state index is 8.36. The van der Waals surface area contributed by atoms with Crippen LogP contribution in [0.5, 0.6) is 0 Å². The van der Waals surface area contributed by atoms with Crippen molar-refractivity contribution in [3.63, 3.8) is 0 Å². The average Bonchev–Trinajstić information content (AvgIpc) is 1.00. The third-order valence-electron chi connectivity index (χ3n) is 0. The van der Waals surface area contributed by atoms with Crippen molar-refractivity contribution in [3.8, 4) is 0 Å². The minimum absolute atomic E-state index is 0. The van der Waals surface area contributed by atoms with Gasteiger partial charge in [0.25, 0.3) is 0 Å². The van der Waals surface area contributed by atoms with Gasteiger partial charge in [-0.15, -0.1) is 0 Å². The molecular formula is H4O3Ta. The molecule has 0 aromatic rings. The first-order valence-electron chi connectivity index (χ1n) is 0.183. The molecule has 0 saturated heterocycles. The van der Waals surface area contributed by atoms with Gasteiger partial charge < -0.3 is 11.0 Å². The second kappa shape index (κ2) is 98.9. The molecule has 0 aliphatic heterocycles. The van der Waals surface area contributed by atoms with Crippen LogP contribution >= 0.6 is 0 Å². The Labute approximate surface area is 35.9 Å². The fourth-order valence-corrected chi connectivity index (χ4v) is 0. The van der Waals surface area contributed by atoms with Gasteiger partial charge in [-0.2, -0.15) is 0 Å². The third-order valence-corrected chi connectivity index (χ3v) is 0. The predicted molar refractivity (Wildman–Crippen MR) is 7.91 cm³/mol. The molecule has 0 fully saturated rings. The van der Waals surface area contributed by atoms with Gasteiger partial charge in [-0.3, -0.25) is 0 Å². The molecule has 0 spiro atoms. The molecule has 3 nitrogen and oxygen atoms in total. The van der Waals surface area contributed by atoms with Crippen LogP contribution in [0.15, 0.2) is 0 Å². The van der Waals surface area contributed by atoms with Crippen LogP contribution in [0.25, 0.3) is 0 Å². The molecule has 0 aliphatic carbocycles. The first kappa shape index (κ1) is 25.0. The standard InChI is InChI=1S/2H2O.O.Ta/h2*1H2;;. The van der Waals surface area contributed by atoms with E-state index in [1.807, 2.05) is 0 Å². The van der Waals surface area contributed by atoms with Gasteiger partial charge in [0.05, 0.1) is 0 Å². The Morgan fingerprint density at radius 1 is 1.00 bits per heavy atom. The molecule has 0 unspecified atom stereocenters. The van der Waals surface area contributed by atoms with E-state index >= 15 is 0 Å². The van der Waals surface area contributed by atoms with Crippen LogP contribution in [0.3, 0.4) is 0 Å². The van der Waals surface area contributed by atoms with E-state index < -0.39 is 0 Å². The number of hydrogen-bond donors (Lipinski definition) is 0. The van der Waals surface area contributed by atoms with Crippen molar-refractivity contribution in [1.82, 2.24) is 0 Å². The van der Waals surface area contributed by atoms with Crippen LogP contribution in [-0.2, 0) is 24.3 Å². The molecule has 0 atom stereocenters. The summed E-state index contributed by atoms with van der Waals surface area (Å²) in [6.07, 6.45) is 0. The zero-order chi connectivity index (χ0) is 2.00. The Morgan fingerprint density at radius 2 is 1.00 bits per heavy atom. The molecule has 0 aliphatic rings. The molecule has 0 rings (SSSR count). The molecule has 0 heterocycles. The van der Waals surface area contributed by atoms with Crippen LogP contribution in [0.1, 0.15) is 0 Å². The third kappa shape index (κ3) is 24.8. The average molecular weight is 233 g/mol. The molecular weight excluding hydrogens is 229 g/mol. The number of hydrogen-bond acceptors (Lipinski definition) is 1. The van der Waals surface area contributed by atoms with Crippen molar-refractivity contribution in [3.05, 3.63) is 0 Å². The van der Waals surface area contributed by atoms with Crippen LogP contribution in [-0.4, -0.2) is 11.0 Å². The molecule has 0 aromatic heterocycles. The fourth-order valence-electron chi connectivity index (χ4n) is 0. The van der Waals surface area contributed by atoms with Crippen molar-refractivity contribution >= 4 is 0 Å². The monoisotopic (exact) mass is 233 g/mol. The summed E-state index contributed by atoms with van der Waals surface area (Å²) in [7, 11) is 0. The molecule has 4 heteroatoms. The zero-order valence-corrected chi connectivity index (χ0v) is 5.07. The van der Waals surface area contributed by atoms with Gasteiger partial charge in [0.2, 0.25) is 0 Å². The molecule has 0 aromatic carbocycles. The van der Waals surface area contributed by atoms with Crippen LogP contribution < -0.4 is 0 Å². The van der Waals surface area contributed by atoms with E-state index in [9.17, 15) is 0 Å². The second-order valence-corrected chi connectivity index (χ2v) is 0. The molecule has 0 bridgehead atoms. The Hall–Kier alpha value is 0.460. The summed E-state index contributed by atoms with van der Waals surface area (Å²) in [4.78, 5) is 0. The van der Waals surface area contributed by atoms with E-state index in [4.69, 9.17) is 3.25 Å². The minimum atomic E-state index is 0. The fraction of sp³-hybridized carbons (Fsp3) is 0. The van der Waals surface area contributed by atoms with E-state index in [2.05, 4.69) is 0 Å². The first-order valence-corrected chi connectivity index (χ1v) is 1.49.